The standard InChI is InChI=1S/C16H23ClN2O3/c1-21-14-10-13(15(22-2)9-12(14)17)18-8-7-16(20)19-11-5-3-4-6-11/h9-11,18H,3-8H2,1-2H3,(H,19,20). The average Bonchev–Trinajstić information content (AvgIpc) is 3.01. The largest absolute Gasteiger partial charge is 0.495 e. The average molecular weight is 327 g/mol. The summed E-state index contributed by atoms with van der Waals surface area (Å²) in [4.78, 5) is 11.9. The maximum Gasteiger partial charge on any atom is 0.221 e. The normalized spacial score (nSPS) is 14.7. The molecule has 0 heterocycles. The summed E-state index contributed by atoms with van der Waals surface area (Å²) in [6.07, 6.45) is 5.04. The molecule has 0 saturated heterocycles. The summed E-state index contributed by atoms with van der Waals surface area (Å²) < 4.78 is 10.5. The van der Waals surface area contributed by atoms with Gasteiger partial charge in [-0.05, 0) is 12.8 Å². The molecule has 6 heteroatoms. The zero-order valence-electron chi connectivity index (χ0n) is 13.1. The van der Waals surface area contributed by atoms with Gasteiger partial charge in [-0.15, -0.1) is 0 Å². The molecule has 1 fully saturated rings. The van der Waals surface area contributed by atoms with Crippen LogP contribution < -0.4 is 20.1 Å². The number of benzene rings is 1. The van der Waals surface area contributed by atoms with Crippen molar-refractivity contribution in [3.63, 3.8) is 0 Å². The Morgan fingerprint density at radius 1 is 1.23 bits per heavy atom. The fraction of sp³-hybridized carbons (Fsp3) is 0.562. The number of rotatable bonds is 7. The van der Waals surface area contributed by atoms with Crippen LogP contribution in [0.5, 0.6) is 11.5 Å². The van der Waals surface area contributed by atoms with E-state index in [1.54, 1.807) is 26.4 Å². The number of carbonyl (C=O) groups is 1. The van der Waals surface area contributed by atoms with Crippen LogP contribution in [0.1, 0.15) is 32.1 Å². The number of anilines is 1. The molecule has 2 rings (SSSR count). The van der Waals surface area contributed by atoms with Crippen LogP contribution in [0.15, 0.2) is 12.1 Å². The van der Waals surface area contributed by atoms with Crippen molar-refractivity contribution >= 4 is 23.2 Å². The van der Waals surface area contributed by atoms with Crippen molar-refractivity contribution in [3.8, 4) is 11.5 Å². The molecule has 0 aliphatic heterocycles. The molecule has 0 radical (unpaired) electrons. The predicted molar refractivity (Wildman–Crippen MR) is 88.1 cm³/mol. The van der Waals surface area contributed by atoms with Gasteiger partial charge in [0.15, 0.2) is 0 Å². The Bertz CT molecular complexity index is 516. The highest BCUT2D eigenvalue weighted by Gasteiger charge is 2.17. The van der Waals surface area contributed by atoms with E-state index >= 15 is 0 Å². The van der Waals surface area contributed by atoms with Gasteiger partial charge in [0.25, 0.3) is 0 Å². The van der Waals surface area contributed by atoms with Gasteiger partial charge in [-0.3, -0.25) is 4.79 Å². The van der Waals surface area contributed by atoms with E-state index < -0.39 is 0 Å². The molecule has 22 heavy (non-hydrogen) atoms. The SMILES string of the molecule is COc1cc(NCCC(=O)NC2CCCC2)c(OC)cc1Cl. The zero-order chi connectivity index (χ0) is 15.9. The molecular formula is C16H23ClN2O3. The monoisotopic (exact) mass is 326 g/mol. The lowest BCUT2D eigenvalue weighted by atomic mass is 10.2. The Balaban J connectivity index is 1.86. The number of hydrogen-bond acceptors (Lipinski definition) is 4. The van der Waals surface area contributed by atoms with Crippen LogP contribution in [0.4, 0.5) is 5.69 Å². The third-order valence-electron chi connectivity index (χ3n) is 3.86. The van der Waals surface area contributed by atoms with Crippen LogP contribution in [-0.2, 0) is 4.79 Å². The van der Waals surface area contributed by atoms with Crippen LogP contribution >= 0.6 is 11.6 Å². The fourth-order valence-corrected chi connectivity index (χ4v) is 2.91. The Morgan fingerprint density at radius 3 is 2.55 bits per heavy atom. The minimum absolute atomic E-state index is 0.0827. The van der Waals surface area contributed by atoms with Crippen LogP contribution in [0.3, 0.4) is 0 Å². The Kier molecular flexibility index (Phi) is 6.19. The van der Waals surface area contributed by atoms with E-state index in [1.165, 1.54) is 12.8 Å². The second kappa shape index (κ2) is 8.13. The molecule has 5 nitrogen and oxygen atoms in total. The lowest BCUT2D eigenvalue weighted by Gasteiger charge is -2.15. The van der Waals surface area contributed by atoms with E-state index in [4.69, 9.17) is 21.1 Å². The second-order valence-corrected chi connectivity index (χ2v) is 5.82. The maximum atomic E-state index is 11.9. The van der Waals surface area contributed by atoms with E-state index in [2.05, 4.69) is 10.6 Å². The first kappa shape index (κ1) is 16.7. The maximum absolute atomic E-state index is 11.9. The molecule has 1 aromatic rings. The molecule has 1 amide bonds. The smallest absolute Gasteiger partial charge is 0.221 e. The van der Waals surface area contributed by atoms with Crippen molar-refractivity contribution in [1.82, 2.24) is 5.32 Å². The second-order valence-electron chi connectivity index (χ2n) is 5.41. The topological polar surface area (TPSA) is 59.6 Å². The molecule has 2 N–H and O–H groups in total. The summed E-state index contributed by atoms with van der Waals surface area (Å²) in [6, 6.07) is 3.83. The molecule has 0 bridgehead atoms. The van der Waals surface area contributed by atoms with Gasteiger partial charge in [-0.2, -0.15) is 0 Å². The summed E-state index contributed by atoms with van der Waals surface area (Å²) in [7, 11) is 3.14. The minimum Gasteiger partial charge on any atom is -0.495 e. The first-order valence-electron chi connectivity index (χ1n) is 7.58. The van der Waals surface area contributed by atoms with Crippen molar-refractivity contribution in [1.29, 1.82) is 0 Å². The molecule has 0 aromatic heterocycles. The Hall–Kier alpha value is -1.62. The predicted octanol–water partition coefficient (Wildman–Crippen LogP) is 3.22. The van der Waals surface area contributed by atoms with Gasteiger partial charge in [-0.25, -0.2) is 0 Å². The molecule has 0 spiro atoms. The van der Waals surface area contributed by atoms with Gasteiger partial charge in [0.1, 0.15) is 11.5 Å². The van der Waals surface area contributed by atoms with Crippen molar-refractivity contribution in [2.45, 2.75) is 38.1 Å². The Labute approximate surface area is 136 Å². The van der Waals surface area contributed by atoms with Crippen molar-refractivity contribution in [2.24, 2.45) is 0 Å². The number of nitrogens with one attached hydrogen (secondary N) is 2. The van der Waals surface area contributed by atoms with E-state index in [0.717, 1.165) is 18.5 Å². The van der Waals surface area contributed by atoms with Gasteiger partial charge < -0.3 is 20.1 Å². The highest BCUT2D eigenvalue weighted by molar-refractivity contribution is 6.32. The van der Waals surface area contributed by atoms with Gasteiger partial charge >= 0.3 is 0 Å². The summed E-state index contributed by atoms with van der Waals surface area (Å²) in [5.74, 6) is 1.28. The Morgan fingerprint density at radius 2 is 1.91 bits per heavy atom. The van der Waals surface area contributed by atoms with Crippen LogP contribution in [-0.4, -0.2) is 32.7 Å². The molecule has 1 saturated carbocycles. The van der Waals surface area contributed by atoms with Crippen molar-refractivity contribution in [3.05, 3.63) is 17.2 Å². The summed E-state index contributed by atoms with van der Waals surface area (Å²) >= 11 is 6.06. The van der Waals surface area contributed by atoms with Crippen LogP contribution in [0.25, 0.3) is 0 Å². The van der Waals surface area contributed by atoms with Gasteiger partial charge in [0.2, 0.25) is 5.91 Å². The number of carbonyl (C=O) groups excluding carboxylic acids is 1. The van der Waals surface area contributed by atoms with Crippen molar-refractivity contribution in [2.75, 3.05) is 26.1 Å². The third kappa shape index (κ3) is 4.44. The summed E-state index contributed by atoms with van der Waals surface area (Å²) in [5, 5.41) is 6.76. The van der Waals surface area contributed by atoms with Gasteiger partial charge in [-0.1, -0.05) is 24.4 Å². The summed E-state index contributed by atoms with van der Waals surface area (Å²) in [6.45, 7) is 0.527. The molecule has 122 valence electrons. The minimum atomic E-state index is 0.0827. The van der Waals surface area contributed by atoms with E-state index in [1.807, 2.05) is 0 Å². The highest BCUT2D eigenvalue weighted by Crippen LogP contribution is 2.35. The van der Waals surface area contributed by atoms with E-state index in [9.17, 15) is 4.79 Å². The number of amides is 1. The third-order valence-corrected chi connectivity index (χ3v) is 4.16. The summed E-state index contributed by atoms with van der Waals surface area (Å²) in [5.41, 5.74) is 0.761. The van der Waals surface area contributed by atoms with E-state index in [-0.39, 0.29) is 5.91 Å². The molecular weight excluding hydrogens is 304 g/mol. The molecule has 1 aromatic carbocycles. The van der Waals surface area contributed by atoms with Gasteiger partial charge in [0, 0.05) is 31.1 Å². The fourth-order valence-electron chi connectivity index (χ4n) is 2.68. The highest BCUT2D eigenvalue weighted by atomic mass is 35.5. The first-order valence-corrected chi connectivity index (χ1v) is 7.96. The number of hydrogen-bond donors (Lipinski definition) is 2. The molecule has 0 atom stereocenters. The van der Waals surface area contributed by atoms with E-state index in [0.29, 0.717) is 35.5 Å². The zero-order valence-corrected chi connectivity index (χ0v) is 13.8. The van der Waals surface area contributed by atoms with Crippen LogP contribution in [0, 0.1) is 0 Å². The van der Waals surface area contributed by atoms with Crippen molar-refractivity contribution < 1.29 is 14.3 Å². The van der Waals surface area contributed by atoms with Crippen LogP contribution in [0.2, 0.25) is 5.02 Å². The lowest BCUT2D eigenvalue weighted by molar-refractivity contribution is -0.121. The molecule has 1 aliphatic rings. The quantitative estimate of drug-likeness (QED) is 0.807. The number of ether oxygens (including phenoxy) is 2. The molecule has 0 unspecified atom stereocenters. The first-order chi connectivity index (χ1) is 10.6. The number of halogens is 1. The molecule has 1 aliphatic carbocycles. The number of methoxy groups -OCH3 is 2. The lowest BCUT2D eigenvalue weighted by Crippen LogP contribution is -2.33. The van der Waals surface area contributed by atoms with Gasteiger partial charge in [0.05, 0.1) is 24.9 Å².